The smallest absolute Gasteiger partial charge is 0.243 e. The summed E-state index contributed by atoms with van der Waals surface area (Å²) in [7, 11) is -4.16. The predicted octanol–water partition coefficient (Wildman–Crippen LogP) is 7.60. The monoisotopic (exact) mass is 632 g/mol. The van der Waals surface area contributed by atoms with E-state index in [2.05, 4.69) is 53.7 Å². The summed E-state index contributed by atoms with van der Waals surface area (Å²) in [5.41, 5.74) is 5.45. The quantitative estimate of drug-likeness (QED) is 0.140. The third-order valence-corrected chi connectivity index (χ3v) is 17.1. The SMILES string of the molecule is COCCCCc1cc(CO[C@@H]2CC[C@@H](CO[Si](C(C)C)(C(C)C)C(C)C)N(S(=O)(=O)c3ccc(C)cc3)C2)cc(C)n1. The first-order valence-corrected chi connectivity index (χ1v) is 19.7. The molecular formula is C34H56N2O5SSi. The minimum Gasteiger partial charge on any atom is -0.414 e. The Labute approximate surface area is 262 Å². The number of piperidine rings is 1. The third-order valence-electron chi connectivity index (χ3n) is 9.06. The molecule has 1 saturated heterocycles. The molecule has 2 heterocycles. The maximum atomic E-state index is 14.1. The van der Waals surface area contributed by atoms with Crippen LogP contribution < -0.4 is 0 Å². The fourth-order valence-electron chi connectivity index (χ4n) is 6.94. The summed E-state index contributed by atoms with van der Waals surface area (Å²) >= 11 is 0. The van der Waals surface area contributed by atoms with Crippen LogP contribution in [0.2, 0.25) is 16.6 Å². The molecule has 43 heavy (non-hydrogen) atoms. The van der Waals surface area contributed by atoms with Crippen molar-refractivity contribution in [1.29, 1.82) is 0 Å². The van der Waals surface area contributed by atoms with Crippen LogP contribution in [0.25, 0.3) is 0 Å². The standard InChI is InChI=1S/C34H56N2O5SSi/c1-25(2)43(26(3)4,27(5)6)41-24-32-15-16-33(22-36(32)42(37,38)34-17-13-28(7)14-18-34)40-23-30-20-29(8)35-31(21-30)12-10-11-19-39-9/h13-14,17-18,20-21,25-27,32-33H,10-12,15-16,19,22-24H2,1-9H3/t32-,33+/m0/s1. The van der Waals surface area contributed by atoms with Crippen LogP contribution in [0.15, 0.2) is 41.3 Å². The number of methoxy groups -OCH3 is 1. The van der Waals surface area contributed by atoms with Crippen LogP contribution in [-0.4, -0.2) is 65.0 Å². The number of hydrogen-bond donors (Lipinski definition) is 0. The van der Waals surface area contributed by atoms with Crippen molar-refractivity contribution in [2.45, 2.75) is 128 Å². The lowest BCUT2D eigenvalue weighted by atomic mass is 10.0. The van der Waals surface area contributed by atoms with E-state index in [9.17, 15) is 8.42 Å². The van der Waals surface area contributed by atoms with E-state index in [-0.39, 0.29) is 12.1 Å². The number of nitrogens with zero attached hydrogens (tertiary/aromatic N) is 2. The van der Waals surface area contributed by atoms with Gasteiger partial charge in [0.15, 0.2) is 8.32 Å². The van der Waals surface area contributed by atoms with Gasteiger partial charge in [0.25, 0.3) is 0 Å². The molecule has 2 aromatic rings. The van der Waals surface area contributed by atoms with Crippen LogP contribution in [0.5, 0.6) is 0 Å². The fourth-order valence-corrected chi connectivity index (χ4v) is 14.1. The molecule has 0 radical (unpaired) electrons. The minimum absolute atomic E-state index is 0.197. The average Bonchev–Trinajstić information content (AvgIpc) is 2.94. The van der Waals surface area contributed by atoms with Gasteiger partial charge in [0.1, 0.15) is 0 Å². The number of aryl methyl sites for hydroxylation is 3. The number of sulfonamides is 1. The number of benzene rings is 1. The highest BCUT2D eigenvalue weighted by molar-refractivity contribution is 7.89. The highest BCUT2D eigenvalue weighted by Gasteiger charge is 2.47. The molecule has 0 aliphatic carbocycles. The molecule has 1 aliphatic rings. The topological polar surface area (TPSA) is 78.0 Å². The second-order valence-electron chi connectivity index (χ2n) is 13.2. The molecule has 0 saturated carbocycles. The van der Waals surface area contributed by atoms with Crippen molar-refractivity contribution in [2.75, 3.05) is 26.9 Å². The summed E-state index contributed by atoms with van der Waals surface area (Å²) in [6, 6.07) is 11.1. The molecule has 1 aromatic heterocycles. The van der Waals surface area contributed by atoms with Crippen LogP contribution in [0.4, 0.5) is 0 Å². The van der Waals surface area contributed by atoms with Gasteiger partial charge in [0, 0.05) is 37.7 Å². The lowest BCUT2D eigenvalue weighted by Gasteiger charge is -2.45. The van der Waals surface area contributed by atoms with Gasteiger partial charge in [0.05, 0.1) is 24.2 Å². The molecule has 1 aromatic carbocycles. The molecule has 0 spiro atoms. The largest absolute Gasteiger partial charge is 0.414 e. The molecule has 1 aliphatic heterocycles. The Morgan fingerprint density at radius 2 is 1.60 bits per heavy atom. The lowest BCUT2D eigenvalue weighted by Crippen LogP contribution is -2.54. The zero-order chi connectivity index (χ0) is 31.8. The number of aromatic nitrogens is 1. The molecule has 0 bridgehead atoms. The van der Waals surface area contributed by atoms with E-state index in [0.717, 1.165) is 54.8 Å². The summed E-state index contributed by atoms with van der Waals surface area (Å²) < 4.78 is 48.4. The first-order chi connectivity index (χ1) is 20.3. The lowest BCUT2D eigenvalue weighted by molar-refractivity contribution is -0.0113. The van der Waals surface area contributed by atoms with Crippen molar-refractivity contribution < 1.29 is 22.3 Å². The van der Waals surface area contributed by atoms with Crippen molar-refractivity contribution in [3.8, 4) is 0 Å². The average molecular weight is 633 g/mol. The van der Waals surface area contributed by atoms with Crippen LogP contribution in [-0.2, 0) is 37.0 Å². The van der Waals surface area contributed by atoms with Crippen molar-refractivity contribution in [2.24, 2.45) is 0 Å². The zero-order valence-corrected chi connectivity index (χ0v) is 29.9. The number of unbranched alkanes of at least 4 members (excludes halogenated alkanes) is 1. The molecule has 3 rings (SSSR count). The molecule has 1 fully saturated rings. The van der Waals surface area contributed by atoms with Gasteiger partial charge >= 0.3 is 0 Å². The minimum atomic E-state index is -3.73. The number of ether oxygens (including phenoxy) is 2. The second kappa shape index (κ2) is 16.1. The molecule has 0 amide bonds. The van der Waals surface area contributed by atoms with Crippen molar-refractivity contribution in [3.63, 3.8) is 0 Å². The molecule has 7 nitrogen and oxygen atoms in total. The van der Waals surface area contributed by atoms with Gasteiger partial charge in [-0.1, -0.05) is 59.2 Å². The van der Waals surface area contributed by atoms with E-state index in [1.165, 1.54) is 0 Å². The van der Waals surface area contributed by atoms with Gasteiger partial charge in [-0.3, -0.25) is 4.98 Å². The van der Waals surface area contributed by atoms with Crippen molar-refractivity contribution in [1.82, 2.24) is 9.29 Å². The summed E-state index contributed by atoms with van der Waals surface area (Å²) in [4.78, 5) is 5.03. The van der Waals surface area contributed by atoms with E-state index in [4.69, 9.17) is 18.9 Å². The summed E-state index contributed by atoms with van der Waals surface area (Å²) in [6.07, 6.45) is 4.23. The van der Waals surface area contributed by atoms with Gasteiger partial charge in [-0.2, -0.15) is 4.31 Å². The second-order valence-corrected chi connectivity index (χ2v) is 20.6. The van der Waals surface area contributed by atoms with E-state index in [1.54, 1.807) is 23.5 Å². The predicted molar refractivity (Wildman–Crippen MR) is 177 cm³/mol. The zero-order valence-electron chi connectivity index (χ0n) is 28.1. The van der Waals surface area contributed by atoms with Crippen LogP contribution >= 0.6 is 0 Å². The third kappa shape index (κ3) is 9.20. The van der Waals surface area contributed by atoms with Crippen LogP contribution in [0.1, 0.15) is 89.7 Å². The molecule has 9 heteroatoms. The molecule has 2 atom stereocenters. The summed E-state index contributed by atoms with van der Waals surface area (Å²) in [5, 5.41) is 0. The Morgan fingerprint density at radius 3 is 2.21 bits per heavy atom. The molecule has 0 N–H and O–H groups in total. The Morgan fingerprint density at radius 1 is 0.953 bits per heavy atom. The molecular weight excluding hydrogens is 577 g/mol. The maximum Gasteiger partial charge on any atom is 0.243 e. The van der Waals surface area contributed by atoms with Gasteiger partial charge in [-0.15, -0.1) is 0 Å². The first kappa shape index (κ1) is 35.9. The normalized spacial score (nSPS) is 18.7. The van der Waals surface area contributed by atoms with Crippen molar-refractivity contribution >= 4 is 18.3 Å². The highest BCUT2D eigenvalue weighted by Crippen LogP contribution is 2.43. The maximum absolute atomic E-state index is 14.1. The summed E-state index contributed by atoms with van der Waals surface area (Å²) in [5.74, 6) is 0. The van der Waals surface area contributed by atoms with E-state index in [0.29, 0.717) is 47.7 Å². The highest BCUT2D eigenvalue weighted by atomic mass is 32.2. The Kier molecular flexibility index (Phi) is 13.4. The van der Waals surface area contributed by atoms with Crippen LogP contribution in [0, 0.1) is 13.8 Å². The van der Waals surface area contributed by atoms with Gasteiger partial charge in [0.2, 0.25) is 10.0 Å². The molecule has 242 valence electrons. The van der Waals surface area contributed by atoms with Gasteiger partial charge < -0.3 is 13.9 Å². The van der Waals surface area contributed by atoms with E-state index < -0.39 is 18.3 Å². The van der Waals surface area contributed by atoms with Gasteiger partial charge in [-0.05, 0) is 92.4 Å². The van der Waals surface area contributed by atoms with Gasteiger partial charge in [-0.25, -0.2) is 8.42 Å². The Bertz CT molecular complexity index is 1230. The van der Waals surface area contributed by atoms with Crippen molar-refractivity contribution in [3.05, 3.63) is 58.9 Å². The Balaban J connectivity index is 1.80. The summed E-state index contributed by atoms with van der Waals surface area (Å²) in [6.45, 7) is 19.5. The van der Waals surface area contributed by atoms with Crippen LogP contribution in [0.3, 0.4) is 0 Å². The van der Waals surface area contributed by atoms with E-state index >= 15 is 0 Å². The Hall–Kier alpha value is -1.62. The number of rotatable bonds is 16. The number of hydrogen-bond acceptors (Lipinski definition) is 6. The van der Waals surface area contributed by atoms with E-state index in [1.807, 2.05) is 26.0 Å². The number of pyridine rings is 1. The fraction of sp³-hybridized carbons (Fsp3) is 0.676. The first-order valence-electron chi connectivity index (χ1n) is 16.1. The molecule has 0 unspecified atom stereocenters.